The number of phenols is 1. The van der Waals surface area contributed by atoms with Crippen LogP contribution >= 0.6 is 35.3 Å². The number of thioether (sulfide) groups is 1. The van der Waals surface area contributed by atoms with Gasteiger partial charge in [-0.05, 0) is 30.2 Å². The molecule has 0 spiro atoms. The number of carbonyl (C=O) groups is 2. The summed E-state index contributed by atoms with van der Waals surface area (Å²) in [6, 6.07) is 6.66. The highest BCUT2D eigenvalue weighted by atomic mass is 32.2. The van der Waals surface area contributed by atoms with E-state index in [4.69, 9.17) is 12.2 Å². The van der Waals surface area contributed by atoms with E-state index in [0.717, 1.165) is 5.56 Å². The van der Waals surface area contributed by atoms with Crippen LogP contribution in [0.15, 0.2) is 40.7 Å². The highest BCUT2D eigenvalue weighted by Gasteiger charge is 2.31. The lowest BCUT2D eigenvalue weighted by atomic mass is 10.2. The molecule has 0 aliphatic carbocycles. The number of carbonyl (C=O) groups excluding carboxylic acids is 2. The lowest BCUT2D eigenvalue weighted by Gasteiger charge is -2.13. The average molecular weight is 406 g/mol. The molecule has 134 valence electrons. The molecule has 1 aromatic heterocycles. The molecule has 1 aliphatic heterocycles. The number of thiazole rings is 1. The van der Waals surface area contributed by atoms with Crippen molar-refractivity contribution >= 4 is 62.7 Å². The SMILES string of the molecule is O=C(CCCN1C(=O)/C(=C/c2cccc(O)c2)SC1=S)Nc1nccs1. The third kappa shape index (κ3) is 4.69. The number of hydrogen-bond donors (Lipinski definition) is 2. The summed E-state index contributed by atoms with van der Waals surface area (Å²) >= 11 is 7.86. The van der Waals surface area contributed by atoms with E-state index in [1.807, 2.05) is 0 Å². The van der Waals surface area contributed by atoms with Gasteiger partial charge in [0.1, 0.15) is 10.1 Å². The Hall–Kier alpha value is -2.23. The average Bonchev–Trinajstić information content (AvgIpc) is 3.18. The molecule has 0 saturated carbocycles. The summed E-state index contributed by atoms with van der Waals surface area (Å²) < 4.78 is 0.474. The van der Waals surface area contributed by atoms with Crippen LogP contribution in [0.3, 0.4) is 0 Å². The van der Waals surface area contributed by atoms with Gasteiger partial charge >= 0.3 is 0 Å². The first-order valence-electron chi connectivity index (χ1n) is 7.76. The molecule has 2 heterocycles. The molecule has 2 N–H and O–H groups in total. The third-order valence-corrected chi connectivity index (χ3v) is 5.57. The van der Waals surface area contributed by atoms with Crippen LogP contribution in [0.4, 0.5) is 5.13 Å². The summed E-state index contributed by atoms with van der Waals surface area (Å²) in [5, 5.41) is 14.6. The van der Waals surface area contributed by atoms with Crippen LogP contribution in [0, 0.1) is 0 Å². The van der Waals surface area contributed by atoms with Crippen molar-refractivity contribution in [2.75, 3.05) is 11.9 Å². The zero-order valence-corrected chi connectivity index (χ0v) is 16.0. The summed E-state index contributed by atoms with van der Waals surface area (Å²) in [6.45, 7) is 0.382. The molecule has 26 heavy (non-hydrogen) atoms. The van der Waals surface area contributed by atoms with Crippen LogP contribution < -0.4 is 5.32 Å². The smallest absolute Gasteiger partial charge is 0.266 e. The molecule has 1 saturated heterocycles. The van der Waals surface area contributed by atoms with Crippen molar-refractivity contribution in [3.05, 3.63) is 46.3 Å². The summed E-state index contributed by atoms with van der Waals surface area (Å²) in [5.41, 5.74) is 0.730. The van der Waals surface area contributed by atoms with Gasteiger partial charge in [0, 0.05) is 24.5 Å². The van der Waals surface area contributed by atoms with Gasteiger partial charge in [-0.25, -0.2) is 4.98 Å². The van der Waals surface area contributed by atoms with E-state index < -0.39 is 0 Å². The number of nitrogens with one attached hydrogen (secondary N) is 1. The van der Waals surface area contributed by atoms with Crippen LogP contribution in [-0.4, -0.2) is 37.7 Å². The molecule has 0 radical (unpaired) electrons. The Morgan fingerprint density at radius 2 is 2.27 bits per heavy atom. The van der Waals surface area contributed by atoms with Crippen LogP contribution in [0.1, 0.15) is 18.4 Å². The highest BCUT2D eigenvalue weighted by molar-refractivity contribution is 8.26. The summed E-state index contributed by atoms with van der Waals surface area (Å²) in [7, 11) is 0. The lowest BCUT2D eigenvalue weighted by Crippen LogP contribution is -2.29. The van der Waals surface area contributed by atoms with Crippen molar-refractivity contribution < 1.29 is 14.7 Å². The minimum absolute atomic E-state index is 0.138. The molecule has 2 aromatic rings. The lowest BCUT2D eigenvalue weighted by molar-refractivity contribution is -0.122. The van der Waals surface area contributed by atoms with Gasteiger partial charge in [-0.2, -0.15) is 0 Å². The number of aromatic hydroxyl groups is 1. The molecule has 0 bridgehead atoms. The maximum atomic E-state index is 12.5. The summed E-state index contributed by atoms with van der Waals surface area (Å²) in [5.74, 6) is -0.176. The number of aromatic nitrogens is 1. The van der Waals surface area contributed by atoms with E-state index in [-0.39, 0.29) is 24.0 Å². The van der Waals surface area contributed by atoms with E-state index in [0.29, 0.717) is 27.3 Å². The number of anilines is 1. The van der Waals surface area contributed by atoms with Gasteiger partial charge in [-0.3, -0.25) is 14.5 Å². The fourth-order valence-electron chi connectivity index (χ4n) is 2.32. The molecule has 9 heteroatoms. The van der Waals surface area contributed by atoms with Gasteiger partial charge in [0.05, 0.1) is 4.91 Å². The van der Waals surface area contributed by atoms with Crippen molar-refractivity contribution in [3.63, 3.8) is 0 Å². The van der Waals surface area contributed by atoms with E-state index in [1.165, 1.54) is 28.0 Å². The molecule has 1 aliphatic rings. The predicted molar refractivity (Wildman–Crippen MR) is 108 cm³/mol. The topological polar surface area (TPSA) is 82.5 Å². The number of rotatable bonds is 6. The Bertz CT molecular complexity index is 865. The Morgan fingerprint density at radius 1 is 1.42 bits per heavy atom. The molecular weight excluding hydrogens is 390 g/mol. The quantitative estimate of drug-likeness (QED) is 0.566. The van der Waals surface area contributed by atoms with Crippen molar-refractivity contribution in [2.24, 2.45) is 0 Å². The maximum absolute atomic E-state index is 12.5. The Labute approximate surface area is 163 Å². The molecule has 6 nitrogen and oxygen atoms in total. The van der Waals surface area contributed by atoms with E-state index >= 15 is 0 Å². The number of amides is 2. The zero-order chi connectivity index (χ0) is 18.5. The fourth-order valence-corrected chi connectivity index (χ4v) is 4.18. The molecule has 0 atom stereocenters. The number of phenolic OH excluding ortho intramolecular Hbond substituents is 1. The Balaban J connectivity index is 1.55. The fraction of sp³-hybridized carbons (Fsp3) is 0.176. The van der Waals surface area contributed by atoms with Crippen molar-refractivity contribution in [1.29, 1.82) is 0 Å². The molecule has 1 fully saturated rings. The molecule has 3 rings (SSSR count). The van der Waals surface area contributed by atoms with Gasteiger partial charge in [0.15, 0.2) is 5.13 Å². The zero-order valence-electron chi connectivity index (χ0n) is 13.5. The molecule has 2 amide bonds. The minimum Gasteiger partial charge on any atom is -0.508 e. The number of thiocarbonyl (C=S) groups is 1. The first-order valence-corrected chi connectivity index (χ1v) is 9.87. The van der Waals surface area contributed by atoms with Crippen LogP contribution in [0.2, 0.25) is 0 Å². The molecular formula is C17H15N3O3S3. The minimum atomic E-state index is -0.177. The van der Waals surface area contributed by atoms with Gasteiger partial charge < -0.3 is 10.4 Å². The number of nitrogens with zero attached hydrogens (tertiary/aromatic N) is 2. The van der Waals surface area contributed by atoms with Crippen molar-refractivity contribution in [1.82, 2.24) is 9.88 Å². The Kier molecular flexibility index (Phi) is 6.02. The standard InChI is InChI=1S/C17H15N3O3S3/c21-12-4-1-3-11(9-12)10-13-15(23)20(17(24)26-13)7-2-5-14(22)19-16-18-6-8-25-16/h1,3-4,6,8-10,21H,2,5,7H2,(H,18,19,22)/b13-10-. The second-order valence-corrected chi connectivity index (χ2v) is 7.99. The molecule has 0 unspecified atom stereocenters. The van der Waals surface area contributed by atoms with Gasteiger partial charge in [0.25, 0.3) is 5.91 Å². The van der Waals surface area contributed by atoms with E-state index in [1.54, 1.807) is 41.9 Å². The van der Waals surface area contributed by atoms with Gasteiger partial charge in [0.2, 0.25) is 5.91 Å². The van der Waals surface area contributed by atoms with Crippen LogP contribution in [0.5, 0.6) is 5.75 Å². The van der Waals surface area contributed by atoms with E-state index in [9.17, 15) is 14.7 Å². The largest absolute Gasteiger partial charge is 0.508 e. The normalized spacial score (nSPS) is 15.7. The number of benzene rings is 1. The second kappa shape index (κ2) is 8.43. The predicted octanol–water partition coefficient (Wildman–Crippen LogP) is 3.47. The maximum Gasteiger partial charge on any atom is 0.266 e. The second-order valence-electron chi connectivity index (χ2n) is 5.42. The summed E-state index contributed by atoms with van der Waals surface area (Å²) in [6.07, 6.45) is 4.11. The molecule has 1 aromatic carbocycles. The monoisotopic (exact) mass is 405 g/mol. The van der Waals surface area contributed by atoms with Crippen molar-refractivity contribution in [2.45, 2.75) is 12.8 Å². The van der Waals surface area contributed by atoms with Crippen LogP contribution in [0.25, 0.3) is 6.08 Å². The van der Waals surface area contributed by atoms with E-state index in [2.05, 4.69) is 10.3 Å². The van der Waals surface area contributed by atoms with Crippen LogP contribution in [-0.2, 0) is 9.59 Å². The van der Waals surface area contributed by atoms with Crippen molar-refractivity contribution in [3.8, 4) is 5.75 Å². The number of hydrogen-bond acceptors (Lipinski definition) is 7. The van der Waals surface area contributed by atoms with Gasteiger partial charge in [-0.1, -0.05) is 36.1 Å². The first kappa shape index (κ1) is 18.6. The summed E-state index contributed by atoms with van der Waals surface area (Å²) in [4.78, 5) is 30.4. The van der Waals surface area contributed by atoms with Gasteiger partial charge in [-0.15, -0.1) is 11.3 Å². The highest BCUT2D eigenvalue weighted by Crippen LogP contribution is 2.33. The first-order chi connectivity index (χ1) is 12.5. The third-order valence-electron chi connectivity index (χ3n) is 3.51. The Morgan fingerprint density at radius 3 is 3.00 bits per heavy atom.